The Morgan fingerprint density at radius 3 is 3.06 bits per heavy atom. The lowest BCUT2D eigenvalue weighted by Crippen LogP contribution is -2.26. The summed E-state index contributed by atoms with van der Waals surface area (Å²) in [5.41, 5.74) is 0.815. The molecule has 0 aliphatic carbocycles. The first-order chi connectivity index (χ1) is 8.20. The molecule has 0 bridgehead atoms. The minimum Gasteiger partial charge on any atom is -0.469 e. The third-order valence-corrected chi connectivity index (χ3v) is 3.83. The molecule has 0 fully saturated rings. The van der Waals surface area contributed by atoms with Gasteiger partial charge in [0.15, 0.2) is 0 Å². The number of methoxy groups -OCH3 is 1. The van der Waals surface area contributed by atoms with Crippen LogP contribution in [0.15, 0.2) is 29.2 Å². The van der Waals surface area contributed by atoms with Gasteiger partial charge in [-0.05, 0) is 12.1 Å². The highest BCUT2D eigenvalue weighted by Gasteiger charge is 2.26. The molecule has 4 nitrogen and oxygen atoms in total. The van der Waals surface area contributed by atoms with E-state index < -0.39 is 0 Å². The lowest BCUT2D eigenvalue weighted by molar-refractivity contribution is -0.143. The van der Waals surface area contributed by atoms with Crippen LogP contribution in [-0.2, 0) is 14.3 Å². The van der Waals surface area contributed by atoms with Crippen molar-refractivity contribution in [3.8, 4) is 0 Å². The monoisotopic (exact) mass is 251 g/mol. The third-order valence-electron chi connectivity index (χ3n) is 2.60. The zero-order valence-electron chi connectivity index (χ0n) is 9.43. The highest BCUT2D eigenvalue weighted by atomic mass is 32.2. The Kier molecular flexibility index (Phi) is 3.68. The highest BCUT2D eigenvalue weighted by Crippen LogP contribution is 2.33. The predicted molar refractivity (Wildman–Crippen MR) is 65.9 cm³/mol. The first kappa shape index (κ1) is 12.0. The molecule has 1 N–H and O–H groups in total. The topological polar surface area (TPSA) is 55.4 Å². The van der Waals surface area contributed by atoms with Crippen molar-refractivity contribution in [3.63, 3.8) is 0 Å². The molecule has 0 aromatic heterocycles. The number of nitrogens with one attached hydrogen (secondary N) is 1. The Bertz CT molecular complexity index is 447. The van der Waals surface area contributed by atoms with Crippen LogP contribution >= 0.6 is 11.8 Å². The maximum atomic E-state index is 11.9. The average molecular weight is 251 g/mol. The van der Waals surface area contributed by atoms with Crippen LogP contribution in [0.1, 0.15) is 6.42 Å². The fraction of sp³-hybridized carbons (Fsp3) is 0.333. The van der Waals surface area contributed by atoms with E-state index in [9.17, 15) is 9.59 Å². The molecular formula is C12H13NO3S. The van der Waals surface area contributed by atoms with E-state index in [0.29, 0.717) is 5.75 Å². The smallest absolute Gasteiger partial charge is 0.306 e. The third kappa shape index (κ3) is 2.79. The first-order valence-corrected chi connectivity index (χ1v) is 6.29. The molecule has 0 unspecified atom stereocenters. The number of carbonyl (C=O) groups is 2. The van der Waals surface area contributed by atoms with Gasteiger partial charge in [0.25, 0.3) is 0 Å². The van der Waals surface area contributed by atoms with E-state index in [4.69, 9.17) is 0 Å². The van der Waals surface area contributed by atoms with Crippen LogP contribution < -0.4 is 5.32 Å². The molecule has 0 saturated carbocycles. The SMILES string of the molecule is COC(=O)C[C@H]1CSc2ccccc2NC1=O. The summed E-state index contributed by atoms with van der Waals surface area (Å²) in [7, 11) is 1.33. The summed E-state index contributed by atoms with van der Waals surface area (Å²) >= 11 is 1.58. The van der Waals surface area contributed by atoms with E-state index in [2.05, 4.69) is 10.1 Å². The lowest BCUT2D eigenvalue weighted by atomic mass is 10.1. The first-order valence-electron chi connectivity index (χ1n) is 5.30. The summed E-state index contributed by atoms with van der Waals surface area (Å²) in [5.74, 6) is -0.206. The van der Waals surface area contributed by atoms with Crippen molar-refractivity contribution in [1.29, 1.82) is 0 Å². The number of hydrogen-bond donors (Lipinski definition) is 1. The van der Waals surface area contributed by atoms with Gasteiger partial charge in [0.1, 0.15) is 0 Å². The summed E-state index contributed by atoms with van der Waals surface area (Å²) in [6, 6.07) is 7.63. The molecule has 1 heterocycles. The van der Waals surface area contributed by atoms with Crippen molar-refractivity contribution in [1.82, 2.24) is 0 Å². The zero-order chi connectivity index (χ0) is 12.3. The van der Waals surface area contributed by atoms with E-state index in [1.807, 2.05) is 24.3 Å². The maximum Gasteiger partial charge on any atom is 0.306 e. The molecule has 5 heteroatoms. The van der Waals surface area contributed by atoms with E-state index in [0.717, 1.165) is 10.6 Å². The second-order valence-corrected chi connectivity index (χ2v) is 4.84. The van der Waals surface area contributed by atoms with Crippen molar-refractivity contribution in [2.75, 3.05) is 18.2 Å². The van der Waals surface area contributed by atoms with Gasteiger partial charge in [-0.25, -0.2) is 0 Å². The second kappa shape index (κ2) is 5.23. The molecule has 1 aliphatic rings. The van der Waals surface area contributed by atoms with E-state index in [-0.39, 0.29) is 24.2 Å². The van der Waals surface area contributed by atoms with Crippen LogP contribution in [-0.4, -0.2) is 24.7 Å². The van der Waals surface area contributed by atoms with Gasteiger partial charge >= 0.3 is 5.97 Å². The number of esters is 1. The normalized spacial score (nSPS) is 18.9. The van der Waals surface area contributed by atoms with Crippen molar-refractivity contribution >= 4 is 29.3 Å². The molecular weight excluding hydrogens is 238 g/mol. The molecule has 1 aromatic carbocycles. The summed E-state index contributed by atoms with van der Waals surface area (Å²) in [6.07, 6.45) is 0.128. The summed E-state index contributed by atoms with van der Waals surface area (Å²) < 4.78 is 4.59. The minimum absolute atomic E-state index is 0.118. The molecule has 90 valence electrons. The molecule has 1 amide bonds. The number of thioether (sulfide) groups is 1. The number of anilines is 1. The van der Waals surface area contributed by atoms with Gasteiger partial charge in [0, 0.05) is 10.6 Å². The summed E-state index contributed by atoms with van der Waals surface area (Å²) in [6.45, 7) is 0. The molecule has 0 spiro atoms. The highest BCUT2D eigenvalue weighted by molar-refractivity contribution is 7.99. The van der Waals surface area contributed by atoms with E-state index in [1.54, 1.807) is 11.8 Å². The van der Waals surface area contributed by atoms with Crippen molar-refractivity contribution in [2.45, 2.75) is 11.3 Å². The van der Waals surface area contributed by atoms with Crippen LogP contribution in [0.3, 0.4) is 0 Å². The van der Waals surface area contributed by atoms with Crippen LogP contribution in [0.4, 0.5) is 5.69 Å². The number of benzene rings is 1. The number of amides is 1. The fourth-order valence-electron chi connectivity index (χ4n) is 1.63. The quantitative estimate of drug-likeness (QED) is 0.816. The average Bonchev–Trinajstić information content (AvgIpc) is 2.49. The Balaban J connectivity index is 2.12. The zero-order valence-corrected chi connectivity index (χ0v) is 10.3. The maximum absolute atomic E-state index is 11.9. The molecule has 0 saturated heterocycles. The molecule has 1 aromatic rings. The van der Waals surface area contributed by atoms with Crippen LogP contribution in [0.5, 0.6) is 0 Å². The van der Waals surface area contributed by atoms with Gasteiger partial charge in [0.2, 0.25) is 5.91 Å². The Labute approximate surface area is 104 Å². The molecule has 1 atom stereocenters. The van der Waals surface area contributed by atoms with E-state index >= 15 is 0 Å². The van der Waals surface area contributed by atoms with Crippen molar-refractivity contribution in [2.24, 2.45) is 5.92 Å². The summed E-state index contributed by atoms with van der Waals surface area (Å²) in [4.78, 5) is 24.1. The lowest BCUT2D eigenvalue weighted by Gasteiger charge is -2.10. The molecule has 2 rings (SSSR count). The van der Waals surface area contributed by atoms with Crippen LogP contribution in [0.25, 0.3) is 0 Å². The summed E-state index contributed by atoms with van der Waals surface area (Å²) in [5, 5.41) is 2.83. The number of ether oxygens (including phenoxy) is 1. The van der Waals surface area contributed by atoms with Gasteiger partial charge in [-0.3, -0.25) is 9.59 Å². The number of fused-ring (bicyclic) bond motifs is 1. The second-order valence-electron chi connectivity index (χ2n) is 3.77. The van der Waals surface area contributed by atoms with E-state index in [1.165, 1.54) is 7.11 Å². The van der Waals surface area contributed by atoms with Gasteiger partial charge in [-0.1, -0.05) is 12.1 Å². The van der Waals surface area contributed by atoms with Gasteiger partial charge in [-0.2, -0.15) is 0 Å². The number of para-hydroxylation sites is 1. The standard InChI is InChI=1S/C12H13NO3S/c1-16-11(14)6-8-7-17-10-5-3-2-4-9(10)13-12(8)15/h2-5,8H,6-7H2,1H3,(H,13,15)/t8-/m0/s1. The van der Waals surface area contributed by atoms with Crippen molar-refractivity contribution < 1.29 is 14.3 Å². The number of rotatable bonds is 2. The molecule has 0 radical (unpaired) electrons. The Morgan fingerprint density at radius 2 is 2.29 bits per heavy atom. The van der Waals surface area contributed by atoms with Gasteiger partial charge in [0.05, 0.1) is 25.1 Å². The number of carbonyl (C=O) groups excluding carboxylic acids is 2. The molecule has 1 aliphatic heterocycles. The van der Waals surface area contributed by atoms with Gasteiger partial charge in [-0.15, -0.1) is 11.8 Å². The Hall–Kier alpha value is -1.49. The predicted octanol–water partition coefficient (Wildman–Crippen LogP) is 1.91. The number of hydrogen-bond acceptors (Lipinski definition) is 4. The molecule has 17 heavy (non-hydrogen) atoms. The Morgan fingerprint density at radius 1 is 1.53 bits per heavy atom. The van der Waals surface area contributed by atoms with Crippen LogP contribution in [0, 0.1) is 5.92 Å². The minimum atomic E-state index is -0.350. The van der Waals surface area contributed by atoms with Gasteiger partial charge < -0.3 is 10.1 Å². The largest absolute Gasteiger partial charge is 0.469 e. The van der Waals surface area contributed by atoms with Crippen molar-refractivity contribution in [3.05, 3.63) is 24.3 Å². The van der Waals surface area contributed by atoms with Crippen LogP contribution in [0.2, 0.25) is 0 Å². The fourth-order valence-corrected chi connectivity index (χ4v) is 2.73.